The second-order valence-electron chi connectivity index (χ2n) is 7.82. The van der Waals surface area contributed by atoms with Crippen LogP contribution in [-0.2, 0) is 11.8 Å². The van der Waals surface area contributed by atoms with Crippen LogP contribution in [-0.4, -0.2) is 46.8 Å². The lowest BCUT2D eigenvalue weighted by molar-refractivity contribution is 0.0593. The molecule has 27 heavy (non-hydrogen) atoms. The van der Waals surface area contributed by atoms with E-state index in [2.05, 4.69) is 5.10 Å². The molecule has 4 rings (SSSR count). The quantitative estimate of drug-likeness (QED) is 0.781. The van der Waals surface area contributed by atoms with Gasteiger partial charge in [0.15, 0.2) is 5.69 Å². The second kappa shape index (κ2) is 6.83. The van der Waals surface area contributed by atoms with E-state index in [4.69, 9.17) is 4.74 Å². The molecule has 6 nitrogen and oxygen atoms in total. The Labute approximate surface area is 159 Å². The molecule has 0 atom stereocenters. The molecule has 1 saturated heterocycles. The molecule has 0 N–H and O–H groups in total. The second-order valence-corrected chi connectivity index (χ2v) is 7.82. The fourth-order valence-electron chi connectivity index (χ4n) is 4.56. The standard InChI is InChI=1S/C21H25N3O3/c1-23-13-17(18(22-23)20(26)27-2)15-5-7-16(8-6-15)19(25)24-12-11-21(14-24)9-3-4-10-21/h5-8,13H,3-4,9-12,14H2,1-2H3. The van der Waals surface area contributed by atoms with Gasteiger partial charge >= 0.3 is 5.97 Å². The van der Waals surface area contributed by atoms with E-state index in [0.29, 0.717) is 16.5 Å². The Kier molecular flexibility index (Phi) is 4.50. The number of hydrogen-bond acceptors (Lipinski definition) is 4. The minimum Gasteiger partial charge on any atom is -0.464 e. The molecule has 0 bridgehead atoms. The van der Waals surface area contributed by atoms with Gasteiger partial charge in [-0.15, -0.1) is 0 Å². The number of ether oxygens (including phenoxy) is 1. The van der Waals surface area contributed by atoms with Gasteiger partial charge in [-0.1, -0.05) is 25.0 Å². The number of likely N-dealkylation sites (tertiary alicyclic amines) is 1. The summed E-state index contributed by atoms with van der Waals surface area (Å²) in [6, 6.07) is 7.42. The monoisotopic (exact) mass is 367 g/mol. The number of carbonyl (C=O) groups is 2. The van der Waals surface area contributed by atoms with Crippen LogP contribution in [0.3, 0.4) is 0 Å². The van der Waals surface area contributed by atoms with E-state index in [0.717, 1.165) is 25.1 Å². The molecule has 0 unspecified atom stereocenters. The molecule has 1 amide bonds. The largest absolute Gasteiger partial charge is 0.464 e. The van der Waals surface area contributed by atoms with Gasteiger partial charge in [0.1, 0.15) is 0 Å². The summed E-state index contributed by atoms with van der Waals surface area (Å²) in [6.07, 6.45) is 8.02. The minimum atomic E-state index is -0.468. The fourth-order valence-corrected chi connectivity index (χ4v) is 4.56. The lowest BCUT2D eigenvalue weighted by Gasteiger charge is -2.23. The molecule has 1 saturated carbocycles. The van der Waals surface area contributed by atoms with Crippen molar-refractivity contribution in [2.24, 2.45) is 12.5 Å². The molecule has 2 aliphatic rings. The van der Waals surface area contributed by atoms with Crippen LogP contribution in [0.2, 0.25) is 0 Å². The van der Waals surface area contributed by atoms with Crippen molar-refractivity contribution in [3.63, 3.8) is 0 Å². The highest BCUT2D eigenvalue weighted by Gasteiger charge is 2.41. The molecule has 2 heterocycles. The fraction of sp³-hybridized carbons (Fsp3) is 0.476. The highest BCUT2D eigenvalue weighted by molar-refractivity contribution is 5.97. The molecule has 2 aromatic rings. The smallest absolute Gasteiger partial charge is 0.359 e. The molecule has 1 spiro atoms. The Balaban J connectivity index is 1.53. The Morgan fingerprint density at radius 2 is 1.81 bits per heavy atom. The number of amides is 1. The Morgan fingerprint density at radius 1 is 1.11 bits per heavy atom. The van der Waals surface area contributed by atoms with Crippen molar-refractivity contribution in [3.05, 3.63) is 41.7 Å². The van der Waals surface area contributed by atoms with Crippen molar-refractivity contribution >= 4 is 11.9 Å². The first-order valence-corrected chi connectivity index (χ1v) is 9.53. The normalized spacial score (nSPS) is 18.2. The average molecular weight is 367 g/mol. The van der Waals surface area contributed by atoms with Gasteiger partial charge in [-0.3, -0.25) is 9.48 Å². The Hall–Kier alpha value is -2.63. The first kappa shape index (κ1) is 17.8. The number of aromatic nitrogens is 2. The maximum absolute atomic E-state index is 12.9. The predicted molar refractivity (Wildman–Crippen MR) is 101 cm³/mol. The van der Waals surface area contributed by atoms with Gasteiger partial charge in [0.2, 0.25) is 0 Å². The summed E-state index contributed by atoms with van der Waals surface area (Å²) < 4.78 is 6.40. The van der Waals surface area contributed by atoms with Crippen LogP contribution in [0.4, 0.5) is 0 Å². The molecular formula is C21H25N3O3. The van der Waals surface area contributed by atoms with E-state index in [9.17, 15) is 9.59 Å². The van der Waals surface area contributed by atoms with Crippen LogP contribution in [0.15, 0.2) is 30.5 Å². The van der Waals surface area contributed by atoms with Gasteiger partial charge in [0.05, 0.1) is 7.11 Å². The number of nitrogens with zero attached hydrogens (tertiary/aromatic N) is 3. The summed E-state index contributed by atoms with van der Waals surface area (Å²) >= 11 is 0. The average Bonchev–Trinajstić information content (AvgIpc) is 3.42. The highest BCUT2D eigenvalue weighted by Crippen LogP contribution is 2.45. The molecule has 1 aliphatic carbocycles. The summed E-state index contributed by atoms with van der Waals surface area (Å²) in [5.41, 5.74) is 2.89. The number of benzene rings is 1. The first-order chi connectivity index (χ1) is 13.0. The summed E-state index contributed by atoms with van der Waals surface area (Å²) in [5, 5.41) is 4.19. The van der Waals surface area contributed by atoms with Crippen molar-refractivity contribution in [1.82, 2.24) is 14.7 Å². The van der Waals surface area contributed by atoms with E-state index in [1.165, 1.54) is 32.8 Å². The maximum Gasteiger partial charge on any atom is 0.359 e. The summed E-state index contributed by atoms with van der Waals surface area (Å²) in [4.78, 5) is 26.8. The predicted octanol–water partition coefficient (Wildman–Crippen LogP) is 3.28. The van der Waals surface area contributed by atoms with Gasteiger partial charge in [-0.05, 0) is 42.4 Å². The SMILES string of the molecule is COC(=O)c1nn(C)cc1-c1ccc(C(=O)N2CCC3(CCCC3)C2)cc1. The van der Waals surface area contributed by atoms with Crippen LogP contribution in [0.25, 0.3) is 11.1 Å². The van der Waals surface area contributed by atoms with E-state index in [-0.39, 0.29) is 11.6 Å². The number of esters is 1. The molecule has 1 aliphatic heterocycles. The molecule has 1 aromatic carbocycles. The van der Waals surface area contributed by atoms with Crippen molar-refractivity contribution in [2.45, 2.75) is 32.1 Å². The zero-order valence-corrected chi connectivity index (χ0v) is 15.9. The Morgan fingerprint density at radius 3 is 2.48 bits per heavy atom. The first-order valence-electron chi connectivity index (χ1n) is 9.53. The molecule has 6 heteroatoms. The molecular weight excluding hydrogens is 342 g/mol. The lowest BCUT2D eigenvalue weighted by Crippen LogP contribution is -2.31. The molecule has 1 aromatic heterocycles. The van der Waals surface area contributed by atoms with Crippen LogP contribution in [0, 0.1) is 5.41 Å². The lowest BCUT2D eigenvalue weighted by atomic mass is 9.86. The summed E-state index contributed by atoms with van der Waals surface area (Å²) in [7, 11) is 3.11. The van der Waals surface area contributed by atoms with Gasteiger partial charge in [-0.25, -0.2) is 4.79 Å². The van der Waals surface area contributed by atoms with E-state index in [1.54, 1.807) is 17.9 Å². The molecule has 142 valence electrons. The van der Waals surface area contributed by atoms with Crippen molar-refractivity contribution in [2.75, 3.05) is 20.2 Å². The topological polar surface area (TPSA) is 64.4 Å². The van der Waals surface area contributed by atoms with E-state index >= 15 is 0 Å². The number of rotatable bonds is 3. The van der Waals surface area contributed by atoms with E-state index in [1.807, 2.05) is 29.2 Å². The third-order valence-corrected chi connectivity index (χ3v) is 6.04. The van der Waals surface area contributed by atoms with E-state index < -0.39 is 5.97 Å². The molecule has 2 fully saturated rings. The number of carbonyl (C=O) groups excluding carboxylic acids is 2. The summed E-state index contributed by atoms with van der Waals surface area (Å²) in [6.45, 7) is 1.75. The highest BCUT2D eigenvalue weighted by atomic mass is 16.5. The van der Waals surface area contributed by atoms with Crippen molar-refractivity contribution in [3.8, 4) is 11.1 Å². The zero-order valence-electron chi connectivity index (χ0n) is 15.9. The maximum atomic E-state index is 12.9. The summed E-state index contributed by atoms with van der Waals surface area (Å²) in [5.74, 6) is -0.366. The van der Waals surface area contributed by atoms with Crippen LogP contribution >= 0.6 is 0 Å². The third-order valence-electron chi connectivity index (χ3n) is 6.04. The minimum absolute atomic E-state index is 0.102. The Bertz CT molecular complexity index is 863. The zero-order chi connectivity index (χ0) is 19.0. The van der Waals surface area contributed by atoms with Crippen LogP contribution < -0.4 is 0 Å². The van der Waals surface area contributed by atoms with Gasteiger partial charge in [0.25, 0.3) is 5.91 Å². The number of methoxy groups -OCH3 is 1. The molecule has 0 radical (unpaired) electrons. The van der Waals surface area contributed by atoms with Crippen molar-refractivity contribution < 1.29 is 14.3 Å². The van der Waals surface area contributed by atoms with Gasteiger partial charge in [0, 0.05) is 37.5 Å². The van der Waals surface area contributed by atoms with Crippen molar-refractivity contribution in [1.29, 1.82) is 0 Å². The van der Waals surface area contributed by atoms with Crippen LogP contribution in [0.5, 0.6) is 0 Å². The van der Waals surface area contributed by atoms with Gasteiger partial charge in [-0.2, -0.15) is 5.10 Å². The third kappa shape index (κ3) is 3.24. The van der Waals surface area contributed by atoms with Crippen LogP contribution in [0.1, 0.15) is 53.0 Å². The number of aryl methyl sites for hydroxylation is 1. The number of hydrogen-bond donors (Lipinski definition) is 0. The van der Waals surface area contributed by atoms with Gasteiger partial charge < -0.3 is 9.64 Å².